The molecule has 104 valence electrons. The first-order valence-electron chi connectivity index (χ1n) is 6.28. The van der Waals surface area contributed by atoms with Crippen LogP contribution in [0.15, 0.2) is 36.4 Å². The summed E-state index contributed by atoms with van der Waals surface area (Å²) in [6, 6.07) is 7.51. The quantitative estimate of drug-likeness (QED) is 0.604. The number of amides is 1. The Morgan fingerprint density at radius 3 is 2.79 bits per heavy atom. The Labute approximate surface area is 115 Å². The van der Waals surface area contributed by atoms with Gasteiger partial charge in [-0.3, -0.25) is 4.79 Å². The van der Waals surface area contributed by atoms with E-state index in [9.17, 15) is 4.79 Å². The van der Waals surface area contributed by atoms with Crippen molar-refractivity contribution >= 4 is 11.6 Å². The summed E-state index contributed by atoms with van der Waals surface area (Å²) in [5.41, 5.74) is 2.64. The van der Waals surface area contributed by atoms with Gasteiger partial charge < -0.3 is 15.0 Å². The monoisotopic (exact) mass is 262 g/mol. The van der Waals surface area contributed by atoms with Crippen LogP contribution in [-0.2, 0) is 4.74 Å². The number of hydrogen-bond donors (Lipinski definition) is 1. The van der Waals surface area contributed by atoms with Crippen molar-refractivity contribution in [3.05, 3.63) is 42.0 Å². The van der Waals surface area contributed by atoms with Gasteiger partial charge in [0.25, 0.3) is 5.91 Å². The van der Waals surface area contributed by atoms with Gasteiger partial charge in [-0.2, -0.15) is 0 Å². The lowest BCUT2D eigenvalue weighted by atomic mass is 10.2. The lowest BCUT2D eigenvalue weighted by Crippen LogP contribution is -2.27. The number of carbonyl (C=O) groups excluding carboxylic acids is 1. The standard InChI is InChI=1S/C15H22N2O2/c1-12(2)11-19-9-8-16-15(18)13-6-5-7-14(10-13)17(3)4/h5-7,10H,1,8-9,11H2,2-4H3,(H,16,18). The van der Waals surface area contributed by atoms with Crippen LogP contribution in [0, 0.1) is 0 Å². The second kappa shape index (κ2) is 7.59. The minimum atomic E-state index is -0.0809. The summed E-state index contributed by atoms with van der Waals surface area (Å²) in [4.78, 5) is 13.9. The molecule has 0 bridgehead atoms. The van der Waals surface area contributed by atoms with E-state index in [2.05, 4.69) is 11.9 Å². The molecular formula is C15H22N2O2. The highest BCUT2D eigenvalue weighted by atomic mass is 16.5. The van der Waals surface area contributed by atoms with Crippen molar-refractivity contribution in [3.63, 3.8) is 0 Å². The fourth-order valence-corrected chi connectivity index (χ4v) is 1.51. The van der Waals surface area contributed by atoms with Gasteiger partial charge in [0.15, 0.2) is 0 Å². The molecule has 0 heterocycles. The van der Waals surface area contributed by atoms with Gasteiger partial charge in [0, 0.05) is 31.9 Å². The average Bonchev–Trinajstić information content (AvgIpc) is 2.37. The van der Waals surface area contributed by atoms with Gasteiger partial charge in [0.1, 0.15) is 0 Å². The predicted molar refractivity (Wildman–Crippen MR) is 78.7 cm³/mol. The zero-order valence-electron chi connectivity index (χ0n) is 11.9. The molecule has 19 heavy (non-hydrogen) atoms. The number of hydrogen-bond acceptors (Lipinski definition) is 3. The normalized spacial score (nSPS) is 10.1. The zero-order valence-corrected chi connectivity index (χ0v) is 11.9. The van der Waals surface area contributed by atoms with Crippen LogP contribution in [0.2, 0.25) is 0 Å². The summed E-state index contributed by atoms with van der Waals surface area (Å²) in [6.45, 7) is 7.18. The summed E-state index contributed by atoms with van der Waals surface area (Å²) in [5.74, 6) is -0.0809. The molecular weight excluding hydrogens is 240 g/mol. The molecule has 0 radical (unpaired) electrons. The largest absolute Gasteiger partial charge is 0.378 e. The van der Waals surface area contributed by atoms with Gasteiger partial charge >= 0.3 is 0 Å². The highest BCUT2D eigenvalue weighted by molar-refractivity contribution is 5.95. The maximum Gasteiger partial charge on any atom is 0.251 e. The van der Waals surface area contributed by atoms with Crippen LogP contribution in [0.4, 0.5) is 5.69 Å². The fourth-order valence-electron chi connectivity index (χ4n) is 1.51. The van der Waals surface area contributed by atoms with Crippen LogP contribution in [0.5, 0.6) is 0 Å². The molecule has 0 spiro atoms. The molecule has 1 aromatic carbocycles. The van der Waals surface area contributed by atoms with E-state index >= 15 is 0 Å². The van der Waals surface area contributed by atoms with Crippen molar-refractivity contribution in [2.75, 3.05) is 38.8 Å². The first-order valence-corrected chi connectivity index (χ1v) is 6.28. The van der Waals surface area contributed by atoms with E-state index in [4.69, 9.17) is 4.74 Å². The van der Waals surface area contributed by atoms with Crippen LogP contribution >= 0.6 is 0 Å². The topological polar surface area (TPSA) is 41.6 Å². The van der Waals surface area contributed by atoms with Crippen LogP contribution in [0.25, 0.3) is 0 Å². The molecule has 0 aliphatic carbocycles. The van der Waals surface area contributed by atoms with Gasteiger partial charge in [-0.05, 0) is 25.1 Å². The minimum Gasteiger partial charge on any atom is -0.378 e. The highest BCUT2D eigenvalue weighted by Crippen LogP contribution is 2.13. The van der Waals surface area contributed by atoms with E-state index in [0.717, 1.165) is 11.3 Å². The van der Waals surface area contributed by atoms with Crippen LogP contribution < -0.4 is 10.2 Å². The molecule has 1 aromatic rings. The first-order chi connectivity index (χ1) is 9.00. The SMILES string of the molecule is C=C(C)COCCNC(=O)c1cccc(N(C)C)c1. The summed E-state index contributed by atoms with van der Waals surface area (Å²) in [6.07, 6.45) is 0. The van der Waals surface area contributed by atoms with E-state index < -0.39 is 0 Å². The predicted octanol–water partition coefficient (Wildman–Crippen LogP) is 2.08. The molecule has 1 N–H and O–H groups in total. The molecule has 0 aliphatic heterocycles. The third-order valence-corrected chi connectivity index (χ3v) is 2.51. The highest BCUT2D eigenvalue weighted by Gasteiger charge is 2.06. The van der Waals surface area contributed by atoms with Crippen molar-refractivity contribution in [1.29, 1.82) is 0 Å². The van der Waals surface area contributed by atoms with Crippen molar-refractivity contribution in [2.45, 2.75) is 6.92 Å². The van der Waals surface area contributed by atoms with Gasteiger partial charge in [0.2, 0.25) is 0 Å². The van der Waals surface area contributed by atoms with Crippen LogP contribution in [0.3, 0.4) is 0 Å². The molecule has 0 unspecified atom stereocenters. The lowest BCUT2D eigenvalue weighted by Gasteiger charge is -2.13. The van der Waals surface area contributed by atoms with Gasteiger partial charge in [-0.25, -0.2) is 0 Å². The Kier molecular flexibility index (Phi) is 6.09. The number of benzene rings is 1. The Bertz CT molecular complexity index is 442. The molecule has 0 fully saturated rings. The Hall–Kier alpha value is -1.81. The second-order valence-corrected chi connectivity index (χ2v) is 4.71. The van der Waals surface area contributed by atoms with Gasteiger partial charge in [-0.15, -0.1) is 0 Å². The number of anilines is 1. The summed E-state index contributed by atoms with van der Waals surface area (Å²) >= 11 is 0. The molecule has 0 aromatic heterocycles. The molecule has 4 nitrogen and oxygen atoms in total. The number of nitrogens with one attached hydrogen (secondary N) is 1. The van der Waals surface area contributed by atoms with Crippen LogP contribution in [0.1, 0.15) is 17.3 Å². The summed E-state index contributed by atoms with van der Waals surface area (Å²) in [5, 5.41) is 2.83. The molecule has 0 saturated carbocycles. The molecule has 0 atom stereocenters. The third-order valence-electron chi connectivity index (χ3n) is 2.51. The van der Waals surface area contributed by atoms with E-state index in [1.807, 2.05) is 44.1 Å². The van der Waals surface area contributed by atoms with E-state index in [1.54, 1.807) is 6.07 Å². The Balaban J connectivity index is 2.41. The van der Waals surface area contributed by atoms with Crippen molar-refractivity contribution < 1.29 is 9.53 Å². The molecule has 1 amide bonds. The van der Waals surface area contributed by atoms with Crippen molar-refractivity contribution in [2.24, 2.45) is 0 Å². The zero-order chi connectivity index (χ0) is 14.3. The smallest absolute Gasteiger partial charge is 0.251 e. The van der Waals surface area contributed by atoms with Crippen molar-refractivity contribution in [3.8, 4) is 0 Å². The maximum absolute atomic E-state index is 11.9. The number of carbonyl (C=O) groups is 1. The van der Waals surface area contributed by atoms with E-state index in [1.165, 1.54) is 0 Å². The number of nitrogens with zero attached hydrogens (tertiary/aromatic N) is 1. The maximum atomic E-state index is 11.9. The summed E-state index contributed by atoms with van der Waals surface area (Å²) in [7, 11) is 3.89. The molecule has 4 heteroatoms. The molecule has 0 aliphatic rings. The van der Waals surface area contributed by atoms with E-state index in [0.29, 0.717) is 25.3 Å². The van der Waals surface area contributed by atoms with Gasteiger partial charge in [0.05, 0.1) is 13.2 Å². The Morgan fingerprint density at radius 1 is 1.42 bits per heavy atom. The molecule has 1 rings (SSSR count). The minimum absolute atomic E-state index is 0.0809. The summed E-state index contributed by atoms with van der Waals surface area (Å²) < 4.78 is 5.32. The number of ether oxygens (including phenoxy) is 1. The van der Waals surface area contributed by atoms with Crippen molar-refractivity contribution in [1.82, 2.24) is 5.32 Å². The van der Waals surface area contributed by atoms with Crippen LogP contribution in [-0.4, -0.2) is 39.8 Å². The average molecular weight is 262 g/mol. The third kappa shape index (κ3) is 5.57. The second-order valence-electron chi connectivity index (χ2n) is 4.71. The fraction of sp³-hybridized carbons (Fsp3) is 0.400. The van der Waals surface area contributed by atoms with E-state index in [-0.39, 0.29) is 5.91 Å². The molecule has 0 saturated heterocycles. The van der Waals surface area contributed by atoms with Gasteiger partial charge in [-0.1, -0.05) is 18.2 Å². The lowest BCUT2D eigenvalue weighted by molar-refractivity contribution is 0.0927. The first kappa shape index (κ1) is 15.2. The number of rotatable bonds is 7. The Morgan fingerprint density at radius 2 is 2.16 bits per heavy atom.